The van der Waals surface area contributed by atoms with Gasteiger partial charge in [0, 0.05) is 7.05 Å². The van der Waals surface area contributed by atoms with Crippen molar-refractivity contribution in [2.45, 2.75) is 27.2 Å². The maximum atomic E-state index is 8.93. The summed E-state index contributed by atoms with van der Waals surface area (Å²) < 4.78 is 1.56. The van der Waals surface area contributed by atoms with E-state index in [1.807, 2.05) is 0 Å². The number of rotatable bonds is 1. The number of nitrogens with zero attached hydrogens (tertiary/aromatic N) is 3. The molecule has 0 aromatic carbocycles. The molecule has 1 rings (SSSR count). The Bertz CT molecular complexity index is 376. The fourth-order valence-electron chi connectivity index (χ4n) is 1.34. The van der Waals surface area contributed by atoms with Crippen LogP contribution in [0.3, 0.4) is 0 Å². The first kappa shape index (κ1) is 10.6. The molecule has 1 heterocycles. The Morgan fingerprint density at radius 3 is 2.50 bits per heavy atom. The van der Waals surface area contributed by atoms with Gasteiger partial charge in [-0.3, -0.25) is 4.68 Å². The molecule has 0 spiro atoms. The highest BCUT2D eigenvalue weighted by atomic mass is 15.3. The van der Waals surface area contributed by atoms with E-state index in [1.165, 1.54) is 0 Å². The molecule has 0 saturated heterocycles. The van der Waals surface area contributed by atoms with Gasteiger partial charge in [0.15, 0.2) is 0 Å². The van der Waals surface area contributed by atoms with Crippen molar-refractivity contribution in [1.82, 2.24) is 9.78 Å². The molecule has 0 radical (unpaired) electrons. The Hall–Kier alpha value is -1.50. The number of hydrogen-bond acceptors (Lipinski definition) is 3. The van der Waals surface area contributed by atoms with Crippen molar-refractivity contribution in [2.75, 3.05) is 5.73 Å². The Morgan fingerprint density at radius 2 is 2.07 bits per heavy atom. The molecule has 0 saturated carbocycles. The van der Waals surface area contributed by atoms with Crippen molar-refractivity contribution in [1.29, 1.82) is 5.26 Å². The molecule has 0 bridgehead atoms. The quantitative estimate of drug-likeness (QED) is 0.732. The number of hydrogen-bond donors (Lipinski definition) is 1. The standard InChI is InChI=1S/C10H16N4/c1-10(2,3)5-8-7(6-11)9(12)14(4)13-8/h5,12H2,1-4H3. The highest BCUT2D eigenvalue weighted by Crippen LogP contribution is 2.24. The Labute approximate surface area is 84.3 Å². The molecule has 4 nitrogen and oxygen atoms in total. The van der Waals surface area contributed by atoms with E-state index in [9.17, 15) is 0 Å². The van der Waals surface area contributed by atoms with Crippen LogP contribution in [0.15, 0.2) is 0 Å². The minimum atomic E-state index is 0.117. The predicted molar refractivity (Wildman–Crippen MR) is 55.5 cm³/mol. The van der Waals surface area contributed by atoms with Gasteiger partial charge in [0.2, 0.25) is 0 Å². The maximum Gasteiger partial charge on any atom is 0.139 e. The summed E-state index contributed by atoms with van der Waals surface area (Å²) in [6.07, 6.45) is 0.765. The van der Waals surface area contributed by atoms with Crippen molar-refractivity contribution in [2.24, 2.45) is 12.5 Å². The molecule has 4 heteroatoms. The first-order valence-corrected chi connectivity index (χ1v) is 4.56. The van der Waals surface area contributed by atoms with Crippen LogP contribution in [0.5, 0.6) is 0 Å². The highest BCUT2D eigenvalue weighted by molar-refractivity contribution is 5.52. The smallest absolute Gasteiger partial charge is 0.139 e. The molecule has 2 N–H and O–H groups in total. The number of nitriles is 1. The van der Waals surface area contributed by atoms with Gasteiger partial charge >= 0.3 is 0 Å². The van der Waals surface area contributed by atoms with Gasteiger partial charge in [0.1, 0.15) is 17.5 Å². The molecule has 1 aromatic heterocycles. The number of aromatic nitrogens is 2. The van der Waals surface area contributed by atoms with E-state index in [-0.39, 0.29) is 5.41 Å². The number of nitrogens with two attached hydrogens (primary N) is 1. The number of anilines is 1. The molecule has 0 aliphatic carbocycles. The van der Waals surface area contributed by atoms with E-state index in [0.29, 0.717) is 11.4 Å². The maximum absolute atomic E-state index is 8.93. The van der Waals surface area contributed by atoms with E-state index in [1.54, 1.807) is 11.7 Å². The molecule has 0 amide bonds. The molecular formula is C10H16N4. The lowest BCUT2D eigenvalue weighted by Gasteiger charge is -2.15. The molecule has 14 heavy (non-hydrogen) atoms. The third-order valence-corrected chi connectivity index (χ3v) is 1.97. The second-order valence-corrected chi connectivity index (χ2v) is 4.68. The van der Waals surface area contributed by atoms with Crippen molar-refractivity contribution in [3.63, 3.8) is 0 Å². The average molecular weight is 192 g/mol. The minimum absolute atomic E-state index is 0.117. The molecular weight excluding hydrogens is 176 g/mol. The summed E-state index contributed by atoms with van der Waals surface area (Å²) in [4.78, 5) is 0. The Morgan fingerprint density at radius 1 is 1.50 bits per heavy atom. The Balaban J connectivity index is 3.11. The highest BCUT2D eigenvalue weighted by Gasteiger charge is 2.19. The summed E-state index contributed by atoms with van der Waals surface area (Å²) in [6.45, 7) is 6.33. The van der Waals surface area contributed by atoms with E-state index in [0.717, 1.165) is 12.1 Å². The summed E-state index contributed by atoms with van der Waals surface area (Å²) in [6, 6.07) is 2.10. The Kier molecular flexibility index (Phi) is 2.52. The topological polar surface area (TPSA) is 67.6 Å². The zero-order chi connectivity index (χ0) is 10.9. The fraction of sp³-hybridized carbons (Fsp3) is 0.600. The van der Waals surface area contributed by atoms with Crippen molar-refractivity contribution in [3.8, 4) is 6.07 Å². The SMILES string of the molecule is Cn1nc(CC(C)(C)C)c(C#N)c1N. The van der Waals surface area contributed by atoms with Crippen LogP contribution in [0.25, 0.3) is 0 Å². The summed E-state index contributed by atoms with van der Waals surface area (Å²) >= 11 is 0. The van der Waals surface area contributed by atoms with E-state index in [2.05, 4.69) is 31.9 Å². The molecule has 0 aliphatic rings. The fourth-order valence-corrected chi connectivity index (χ4v) is 1.34. The predicted octanol–water partition coefficient (Wildman–Crippen LogP) is 1.46. The summed E-state index contributed by atoms with van der Waals surface area (Å²) in [5, 5.41) is 13.2. The van der Waals surface area contributed by atoms with Crippen molar-refractivity contribution < 1.29 is 0 Å². The molecule has 0 fully saturated rings. The van der Waals surface area contributed by atoms with Crippen LogP contribution in [0.1, 0.15) is 32.0 Å². The van der Waals surface area contributed by atoms with Gasteiger partial charge in [-0.15, -0.1) is 0 Å². The lowest BCUT2D eigenvalue weighted by molar-refractivity contribution is 0.404. The largest absolute Gasteiger partial charge is 0.383 e. The van der Waals surface area contributed by atoms with Crippen LogP contribution in [0.2, 0.25) is 0 Å². The second kappa shape index (κ2) is 3.33. The zero-order valence-corrected chi connectivity index (χ0v) is 9.13. The zero-order valence-electron chi connectivity index (χ0n) is 9.13. The van der Waals surface area contributed by atoms with E-state index >= 15 is 0 Å². The van der Waals surface area contributed by atoms with Crippen molar-refractivity contribution >= 4 is 5.82 Å². The van der Waals surface area contributed by atoms with Gasteiger partial charge in [0.25, 0.3) is 0 Å². The lowest BCUT2D eigenvalue weighted by Crippen LogP contribution is -2.10. The molecule has 0 unspecified atom stereocenters. The van der Waals surface area contributed by atoms with Gasteiger partial charge in [0.05, 0.1) is 5.69 Å². The van der Waals surface area contributed by atoms with Gasteiger partial charge in [-0.25, -0.2) is 0 Å². The number of aryl methyl sites for hydroxylation is 1. The molecule has 0 atom stereocenters. The van der Waals surface area contributed by atoms with Crippen LogP contribution < -0.4 is 5.73 Å². The van der Waals surface area contributed by atoms with Gasteiger partial charge < -0.3 is 5.73 Å². The van der Waals surface area contributed by atoms with Crippen LogP contribution >= 0.6 is 0 Å². The summed E-state index contributed by atoms with van der Waals surface area (Å²) in [5.74, 6) is 0.451. The number of nitrogen functional groups attached to an aromatic ring is 1. The van der Waals surface area contributed by atoms with Gasteiger partial charge in [-0.1, -0.05) is 20.8 Å². The van der Waals surface area contributed by atoms with Crippen LogP contribution in [-0.4, -0.2) is 9.78 Å². The third-order valence-electron chi connectivity index (χ3n) is 1.97. The van der Waals surface area contributed by atoms with Gasteiger partial charge in [-0.05, 0) is 11.8 Å². The average Bonchev–Trinajstić information content (AvgIpc) is 2.24. The minimum Gasteiger partial charge on any atom is -0.383 e. The monoisotopic (exact) mass is 192 g/mol. The van der Waals surface area contributed by atoms with Crippen molar-refractivity contribution in [3.05, 3.63) is 11.3 Å². The summed E-state index contributed by atoms with van der Waals surface area (Å²) in [5.41, 5.74) is 7.14. The lowest BCUT2D eigenvalue weighted by atomic mass is 9.89. The molecule has 1 aromatic rings. The molecule has 0 aliphatic heterocycles. The van der Waals surface area contributed by atoms with Gasteiger partial charge in [-0.2, -0.15) is 10.4 Å². The molecule has 76 valence electrons. The van der Waals surface area contributed by atoms with E-state index < -0.39 is 0 Å². The normalized spacial score (nSPS) is 11.4. The summed E-state index contributed by atoms with van der Waals surface area (Å²) in [7, 11) is 1.75. The second-order valence-electron chi connectivity index (χ2n) is 4.68. The first-order valence-electron chi connectivity index (χ1n) is 4.56. The third kappa shape index (κ3) is 2.05. The van der Waals surface area contributed by atoms with Crippen LogP contribution in [0.4, 0.5) is 5.82 Å². The van der Waals surface area contributed by atoms with Crippen LogP contribution in [-0.2, 0) is 13.5 Å². The van der Waals surface area contributed by atoms with E-state index in [4.69, 9.17) is 11.0 Å². The van der Waals surface area contributed by atoms with Crippen LogP contribution in [0, 0.1) is 16.7 Å². The first-order chi connectivity index (χ1) is 6.35.